The Kier molecular flexibility index (Phi) is 5.20. The van der Waals surface area contributed by atoms with Crippen molar-refractivity contribution in [3.63, 3.8) is 0 Å². The molecule has 1 aromatic carbocycles. The largest absolute Gasteiger partial charge is 0.484 e. The van der Waals surface area contributed by atoms with Gasteiger partial charge in [-0.05, 0) is 30.9 Å². The van der Waals surface area contributed by atoms with Crippen LogP contribution < -0.4 is 10.1 Å². The van der Waals surface area contributed by atoms with Crippen molar-refractivity contribution < 1.29 is 14.3 Å². The number of fused-ring (bicyclic) bond motifs is 1. The Hall–Kier alpha value is -2.34. The summed E-state index contributed by atoms with van der Waals surface area (Å²) in [5, 5.41) is 7.73. The third-order valence-corrected chi connectivity index (χ3v) is 4.90. The molecule has 2 aromatic rings. The Bertz CT molecular complexity index is 753. The van der Waals surface area contributed by atoms with Crippen molar-refractivity contribution in [3.05, 3.63) is 47.3 Å². The highest BCUT2D eigenvalue weighted by Gasteiger charge is 2.27. The Morgan fingerprint density at radius 3 is 2.96 bits per heavy atom. The van der Waals surface area contributed by atoms with Crippen LogP contribution in [0.2, 0.25) is 0 Å². The third-order valence-electron chi connectivity index (χ3n) is 4.90. The van der Waals surface area contributed by atoms with Gasteiger partial charge in [0.05, 0.1) is 18.9 Å². The first-order valence-corrected chi connectivity index (χ1v) is 9.39. The van der Waals surface area contributed by atoms with Gasteiger partial charge in [-0.15, -0.1) is 0 Å². The molecule has 0 spiro atoms. The number of benzene rings is 1. The fourth-order valence-electron chi connectivity index (χ4n) is 3.31. The first-order valence-electron chi connectivity index (χ1n) is 9.39. The van der Waals surface area contributed by atoms with E-state index >= 15 is 0 Å². The lowest BCUT2D eigenvalue weighted by atomic mass is 10.1. The van der Waals surface area contributed by atoms with Gasteiger partial charge < -0.3 is 14.8 Å². The average Bonchev–Trinajstić information content (AvgIpc) is 3.43. The van der Waals surface area contributed by atoms with Crippen LogP contribution in [0.15, 0.2) is 30.3 Å². The summed E-state index contributed by atoms with van der Waals surface area (Å²) >= 11 is 0. The first kappa shape index (κ1) is 17.1. The molecule has 1 saturated carbocycles. The monoisotopic (exact) mass is 355 g/mol. The van der Waals surface area contributed by atoms with Crippen LogP contribution in [-0.4, -0.2) is 35.4 Å². The molecule has 0 saturated heterocycles. The maximum atomic E-state index is 12.0. The molecule has 0 bridgehead atoms. The molecule has 6 nitrogen and oxygen atoms in total. The van der Waals surface area contributed by atoms with Crippen LogP contribution in [0.5, 0.6) is 5.75 Å². The molecule has 4 rings (SSSR count). The zero-order chi connectivity index (χ0) is 17.8. The van der Waals surface area contributed by atoms with Gasteiger partial charge in [0.25, 0.3) is 5.91 Å². The summed E-state index contributed by atoms with van der Waals surface area (Å²) in [5.41, 5.74) is 3.62. The molecule has 1 aliphatic heterocycles. The van der Waals surface area contributed by atoms with Crippen LogP contribution in [0.4, 0.5) is 0 Å². The van der Waals surface area contributed by atoms with E-state index in [0.717, 1.165) is 37.6 Å². The van der Waals surface area contributed by atoms with Crippen molar-refractivity contribution in [2.75, 3.05) is 19.8 Å². The van der Waals surface area contributed by atoms with Crippen molar-refractivity contribution in [2.45, 2.75) is 38.8 Å². The zero-order valence-corrected chi connectivity index (χ0v) is 14.9. The second kappa shape index (κ2) is 7.91. The minimum absolute atomic E-state index is 0.0291. The number of aromatic nitrogens is 2. The van der Waals surface area contributed by atoms with Crippen LogP contribution >= 0.6 is 0 Å². The molecule has 1 amide bonds. The normalized spacial score (nSPS) is 16.2. The number of carbonyl (C=O) groups excluding carboxylic acids is 1. The molecule has 1 aromatic heterocycles. The molecule has 2 heterocycles. The Balaban J connectivity index is 1.28. The van der Waals surface area contributed by atoms with E-state index in [2.05, 4.69) is 10.00 Å². The van der Waals surface area contributed by atoms with E-state index in [0.29, 0.717) is 18.9 Å². The molecule has 1 N–H and O–H groups in total. The number of nitrogens with zero attached hydrogens (tertiary/aromatic N) is 2. The summed E-state index contributed by atoms with van der Waals surface area (Å²) in [6.45, 7) is 3.03. The smallest absolute Gasteiger partial charge is 0.257 e. The van der Waals surface area contributed by atoms with Crippen LogP contribution in [0.25, 0.3) is 0 Å². The molecule has 0 atom stereocenters. The number of rotatable bonds is 8. The Morgan fingerprint density at radius 2 is 2.15 bits per heavy atom. The van der Waals surface area contributed by atoms with E-state index in [1.54, 1.807) is 0 Å². The van der Waals surface area contributed by atoms with Crippen LogP contribution in [-0.2, 0) is 35.5 Å². The van der Waals surface area contributed by atoms with E-state index < -0.39 is 0 Å². The van der Waals surface area contributed by atoms with Crippen molar-refractivity contribution in [1.29, 1.82) is 0 Å². The van der Waals surface area contributed by atoms with Gasteiger partial charge in [0, 0.05) is 37.2 Å². The molecule has 0 unspecified atom stereocenters. The number of carbonyl (C=O) groups is 1. The third kappa shape index (κ3) is 4.25. The fourth-order valence-corrected chi connectivity index (χ4v) is 3.31. The lowest BCUT2D eigenvalue weighted by Crippen LogP contribution is -2.30. The zero-order valence-electron chi connectivity index (χ0n) is 14.9. The summed E-state index contributed by atoms with van der Waals surface area (Å²) in [4.78, 5) is 12.0. The van der Waals surface area contributed by atoms with Crippen molar-refractivity contribution >= 4 is 5.91 Å². The summed E-state index contributed by atoms with van der Waals surface area (Å²) < 4.78 is 13.3. The van der Waals surface area contributed by atoms with Gasteiger partial charge in [0.2, 0.25) is 0 Å². The molecular formula is C20H25N3O3. The van der Waals surface area contributed by atoms with Gasteiger partial charge in [-0.3, -0.25) is 9.48 Å². The molecule has 1 aliphatic carbocycles. The van der Waals surface area contributed by atoms with Gasteiger partial charge in [-0.25, -0.2) is 0 Å². The minimum atomic E-state index is -0.114. The first-order chi connectivity index (χ1) is 12.8. The number of hydrogen-bond donors (Lipinski definition) is 1. The number of nitrogens with one attached hydrogen (secondary N) is 1. The number of para-hydroxylation sites is 1. The topological polar surface area (TPSA) is 65.4 Å². The summed E-state index contributed by atoms with van der Waals surface area (Å²) in [6.07, 6.45) is 4.29. The fraction of sp³-hybridized carbons (Fsp3) is 0.500. The molecular weight excluding hydrogens is 330 g/mol. The van der Waals surface area contributed by atoms with E-state index in [9.17, 15) is 4.79 Å². The molecule has 26 heavy (non-hydrogen) atoms. The highest BCUT2D eigenvalue weighted by molar-refractivity contribution is 5.77. The SMILES string of the molecule is O=C(COc1ccccc1)NCCc1nn(CC2CC2)c2c1COCC2. The Morgan fingerprint density at radius 1 is 1.31 bits per heavy atom. The number of hydrogen-bond acceptors (Lipinski definition) is 4. The predicted octanol–water partition coefficient (Wildman–Crippen LogP) is 2.10. The van der Waals surface area contributed by atoms with E-state index in [-0.39, 0.29) is 12.5 Å². The van der Waals surface area contributed by atoms with Crippen LogP contribution in [0.3, 0.4) is 0 Å². The van der Waals surface area contributed by atoms with Gasteiger partial charge in [-0.1, -0.05) is 18.2 Å². The standard InChI is InChI=1S/C20H25N3O3/c24-20(14-26-16-4-2-1-3-5-16)21-10-8-18-17-13-25-11-9-19(17)23(22-18)12-15-6-7-15/h1-5,15H,6-14H2,(H,21,24). The second-order valence-electron chi connectivity index (χ2n) is 7.00. The maximum absolute atomic E-state index is 12.0. The maximum Gasteiger partial charge on any atom is 0.257 e. The molecule has 6 heteroatoms. The van der Waals surface area contributed by atoms with Crippen LogP contribution in [0, 0.1) is 5.92 Å². The van der Waals surface area contributed by atoms with E-state index in [4.69, 9.17) is 14.6 Å². The summed E-state index contributed by atoms with van der Waals surface area (Å²) in [6, 6.07) is 9.37. The van der Waals surface area contributed by atoms with E-state index in [1.165, 1.54) is 24.1 Å². The lowest BCUT2D eigenvalue weighted by molar-refractivity contribution is -0.123. The van der Waals surface area contributed by atoms with Crippen molar-refractivity contribution in [1.82, 2.24) is 15.1 Å². The minimum Gasteiger partial charge on any atom is -0.484 e. The quantitative estimate of drug-likeness (QED) is 0.788. The molecule has 0 radical (unpaired) electrons. The Labute approximate surface area is 153 Å². The molecule has 1 fully saturated rings. The average molecular weight is 355 g/mol. The molecule has 138 valence electrons. The van der Waals surface area contributed by atoms with E-state index in [1.807, 2.05) is 30.3 Å². The van der Waals surface area contributed by atoms with Gasteiger partial charge in [-0.2, -0.15) is 5.10 Å². The van der Waals surface area contributed by atoms with Gasteiger partial charge >= 0.3 is 0 Å². The highest BCUT2D eigenvalue weighted by Crippen LogP contribution is 2.32. The van der Waals surface area contributed by atoms with Crippen LogP contribution in [0.1, 0.15) is 29.8 Å². The second-order valence-corrected chi connectivity index (χ2v) is 7.00. The van der Waals surface area contributed by atoms with Crippen molar-refractivity contribution in [3.8, 4) is 5.75 Å². The summed E-state index contributed by atoms with van der Waals surface area (Å²) in [5.74, 6) is 1.38. The summed E-state index contributed by atoms with van der Waals surface area (Å²) in [7, 11) is 0. The van der Waals surface area contributed by atoms with Crippen molar-refractivity contribution in [2.24, 2.45) is 5.92 Å². The van der Waals surface area contributed by atoms with Gasteiger partial charge in [0.1, 0.15) is 5.75 Å². The molecule has 2 aliphatic rings. The van der Waals surface area contributed by atoms with Gasteiger partial charge in [0.15, 0.2) is 6.61 Å². The lowest BCUT2D eigenvalue weighted by Gasteiger charge is -2.15. The number of amides is 1. The predicted molar refractivity (Wildman–Crippen MR) is 97.0 cm³/mol. The highest BCUT2D eigenvalue weighted by atomic mass is 16.5. The number of ether oxygens (including phenoxy) is 2.